The lowest BCUT2D eigenvalue weighted by molar-refractivity contribution is -0.133. The normalized spacial score (nSPS) is 17.5. The van der Waals surface area contributed by atoms with Crippen LogP contribution in [-0.2, 0) is 17.6 Å². The van der Waals surface area contributed by atoms with Crippen molar-refractivity contribution in [3.63, 3.8) is 0 Å². The molecule has 1 saturated heterocycles. The van der Waals surface area contributed by atoms with Crippen LogP contribution in [-0.4, -0.2) is 28.9 Å². The molecule has 4 heteroatoms. The van der Waals surface area contributed by atoms with E-state index in [1.165, 1.54) is 6.07 Å². The van der Waals surface area contributed by atoms with E-state index >= 15 is 0 Å². The van der Waals surface area contributed by atoms with Crippen LogP contribution in [0.3, 0.4) is 0 Å². The van der Waals surface area contributed by atoms with E-state index in [0.29, 0.717) is 12.3 Å². The molecule has 0 bridgehead atoms. The van der Waals surface area contributed by atoms with Gasteiger partial charge in [-0.2, -0.15) is 0 Å². The predicted octanol–water partition coefficient (Wildman–Crippen LogP) is 4.02. The first-order valence-electron chi connectivity index (χ1n) is 9.12. The number of nitrogens with zero attached hydrogens (tertiary/aromatic N) is 2. The van der Waals surface area contributed by atoms with Gasteiger partial charge in [-0.05, 0) is 73.4 Å². The second-order valence-electron chi connectivity index (χ2n) is 6.87. The first-order valence-corrected chi connectivity index (χ1v) is 9.12. The van der Waals surface area contributed by atoms with Crippen LogP contribution in [0.5, 0.6) is 0 Å². The second-order valence-corrected chi connectivity index (χ2v) is 6.87. The van der Waals surface area contributed by atoms with Crippen molar-refractivity contribution in [2.45, 2.75) is 38.5 Å². The molecule has 1 atom stereocenters. The Bertz CT molecular complexity index is 689. The molecule has 0 unspecified atom stereocenters. The number of rotatable bonds is 6. The largest absolute Gasteiger partial charge is 0.342 e. The standard InChI is InChI=1S/C21H25FN2O/c22-20-5-1-3-18(15-20)6-7-19-4-2-14-24(16-19)21(25)9-8-17-10-12-23-13-11-17/h1,3,5,10-13,15,19H,2,4,6-9,14,16H2/t19-/m1/s1. The summed E-state index contributed by atoms with van der Waals surface area (Å²) in [4.78, 5) is 18.5. The second kappa shape index (κ2) is 8.75. The number of hydrogen-bond acceptors (Lipinski definition) is 2. The van der Waals surface area contributed by atoms with E-state index in [1.807, 2.05) is 23.1 Å². The monoisotopic (exact) mass is 340 g/mol. The molecule has 0 aliphatic carbocycles. The van der Waals surface area contributed by atoms with E-state index in [4.69, 9.17) is 0 Å². The van der Waals surface area contributed by atoms with Gasteiger partial charge in [0, 0.05) is 31.9 Å². The molecule has 1 fully saturated rings. The quantitative estimate of drug-likeness (QED) is 0.795. The lowest BCUT2D eigenvalue weighted by atomic mass is 9.91. The molecule has 0 radical (unpaired) electrons. The van der Waals surface area contributed by atoms with E-state index in [-0.39, 0.29) is 11.7 Å². The highest BCUT2D eigenvalue weighted by molar-refractivity contribution is 5.76. The van der Waals surface area contributed by atoms with Gasteiger partial charge in [0.25, 0.3) is 0 Å². The number of amides is 1. The number of aromatic nitrogens is 1. The van der Waals surface area contributed by atoms with Crippen LogP contribution < -0.4 is 0 Å². The van der Waals surface area contributed by atoms with E-state index in [1.54, 1.807) is 24.5 Å². The summed E-state index contributed by atoms with van der Waals surface area (Å²) in [5.74, 6) is 0.586. The molecule has 2 aromatic rings. The highest BCUT2D eigenvalue weighted by Crippen LogP contribution is 2.22. The lowest BCUT2D eigenvalue weighted by Crippen LogP contribution is -2.40. The van der Waals surface area contributed by atoms with E-state index in [2.05, 4.69) is 4.98 Å². The number of pyridine rings is 1. The van der Waals surface area contributed by atoms with Crippen LogP contribution in [0, 0.1) is 11.7 Å². The van der Waals surface area contributed by atoms with Crippen LogP contribution in [0.4, 0.5) is 4.39 Å². The molecule has 1 aromatic carbocycles. The molecular weight excluding hydrogens is 315 g/mol. The van der Waals surface area contributed by atoms with Crippen molar-refractivity contribution < 1.29 is 9.18 Å². The van der Waals surface area contributed by atoms with Crippen molar-refractivity contribution >= 4 is 5.91 Å². The number of carbonyl (C=O) groups excluding carboxylic acids is 1. The maximum Gasteiger partial charge on any atom is 0.222 e. The Morgan fingerprint density at radius 1 is 1.16 bits per heavy atom. The fourth-order valence-electron chi connectivity index (χ4n) is 3.55. The number of likely N-dealkylation sites (tertiary alicyclic amines) is 1. The summed E-state index contributed by atoms with van der Waals surface area (Å²) in [5, 5.41) is 0. The molecule has 0 saturated carbocycles. The number of aryl methyl sites for hydroxylation is 2. The molecule has 1 aromatic heterocycles. The van der Waals surface area contributed by atoms with Crippen molar-refractivity contribution in [3.05, 3.63) is 65.7 Å². The van der Waals surface area contributed by atoms with Crippen LogP contribution in [0.15, 0.2) is 48.8 Å². The van der Waals surface area contributed by atoms with Crippen molar-refractivity contribution in [3.8, 4) is 0 Å². The summed E-state index contributed by atoms with van der Waals surface area (Å²) in [6, 6.07) is 10.8. The first kappa shape index (κ1) is 17.6. The topological polar surface area (TPSA) is 33.2 Å². The Morgan fingerprint density at radius 2 is 2.00 bits per heavy atom. The van der Waals surface area contributed by atoms with Crippen molar-refractivity contribution in [1.82, 2.24) is 9.88 Å². The third-order valence-corrected chi connectivity index (χ3v) is 4.98. The van der Waals surface area contributed by atoms with E-state index < -0.39 is 0 Å². The molecule has 3 rings (SSSR count). The maximum atomic E-state index is 13.3. The third-order valence-electron chi connectivity index (χ3n) is 4.98. The zero-order valence-electron chi connectivity index (χ0n) is 14.5. The highest BCUT2D eigenvalue weighted by Gasteiger charge is 2.23. The molecule has 0 N–H and O–H groups in total. The Morgan fingerprint density at radius 3 is 2.80 bits per heavy atom. The van der Waals surface area contributed by atoms with Gasteiger partial charge < -0.3 is 4.90 Å². The lowest BCUT2D eigenvalue weighted by Gasteiger charge is -2.33. The minimum Gasteiger partial charge on any atom is -0.342 e. The summed E-state index contributed by atoms with van der Waals surface area (Å²) in [6.07, 6.45) is 8.97. The number of halogens is 1. The SMILES string of the molecule is O=C(CCc1ccncc1)N1CCC[C@H](CCc2cccc(F)c2)C1. The van der Waals surface area contributed by atoms with Crippen LogP contribution >= 0.6 is 0 Å². The summed E-state index contributed by atoms with van der Waals surface area (Å²) < 4.78 is 13.3. The van der Waals surface area contributed by atoms with Gasteiger partial charge in [0.1, 0.15) is 5.82 Å². The summed E-state index contributed by atoms with van der Waals surface area (Å²) in [5.41, 5.74) is 2.20. The van der Waals surface area contributed by atoms with Crippen LogP contribution in [0.1, 0.15) is 36.8 Å². The molecule has 2 heterocycles. The number of carbonyl (C=O) groups is 1. The summed E-state index contributed by atoms with van der Waals surface area (Å²) in [6.45, 7) is 1.70. The summed E-state index contributed by atoms with van der Waals surface area (Å²) >= 11 is 0. The number of hydrogen-bond donors (Lipinski definition) is 0. The Labute approximate surface area is 148 Å². The van der Waals surface area contributed by atoms with Gasteiger partial charge in [-0.15, -0.1) is 0 Å². The zero-order valence-corrected chi connectivity index (χ0v) is 14.5. The smallest absolute Gasteiger partial charge is 0.222 e. The highest BCUT2D eigenvalue weighted by atomic mass is 19.1. The first-order chi connectivity index (χ1) is 12.2. The van der Waals surface area contributed by atoms with Crippen molar-refractivity contribution in [2.24, 2.45) is 5.92 Å². The molecule has 1 aliphatic rings. The van der Waals surface area contributed by atoms with Gasteiger partial charge in [-0.1, -0.05) is 12.1 Å². The van der Waals surface area contributed by atoms with Crippen LogP contribution in [0.25, 0.3) is 0 Å². The minimum absolute atomic E-state index is 0.172. The fourth-order valence-corrected chi connectivity index (χ4v) is 3.55. The predicted molar refractivity (Wildman–Crippen MR) is 96.6 cm³/mol. The Kier molecular flexibility index (Phi) is 6.15. The maximum absolute atomic E-state index is 13.3. The average Bonchev–Trinajstić information content (AvgIpc) is 2.65. The molecular formula is C21H25FN2O. The number of piperidine rings is 1. The zero-order chi connectivity index (χ0) is 17.5. The van der Waals surface area contributed by atoms with Crippen LogP contribution in [0.2, 0.25) is 0 Å². The molecule has 1 aliphatic heterocycles. The molecule has 1 amide bonds. The minimum atomic E-state index is -0.172. The van der Waals surface area contributed by atoms with Gasteiger partial charge >= 0.3 is 0 Å². The fraction of sp³-hybridized carbons (Fsp3) is 0.429. The van der Waals surface area contributed by atoms with Crippen molar-refractivity contribution in [2.75, 3.05) is 13.1 Å². The summed E-state index contributed by atoms with van der Waals surface area (Å²) in [7, 11) is 0. The Balaban J connectivity index is 1.46. The number of benzene rings is 1. The molecule has 132 valence electrons. The van der Waals surface area contributed by atoms with Gasteiger partial charge in [-0.25, -0.2) is 4.39 Å². The Hall–Kier alpha value is -2.23. The third kappa shape index (κ3) is 5.38. The van der Waals surface area contributed by atoms with Gasteiger partial charge in [0.05, 0.1) is 0 Å². The molecule has 25 heavy (non-hydrogen) atoms. The van der Waals surface area contributed by atoms with Gasteiger partial charge in [-0.3, -0.25) is 9.78 Å². The molecule has 0 spiro atoms. The van der Waals surface area contributed by atoms with E-state index in [9.17, 15) is 9.18 Å². The average molecular weight is 340 g/mol. The molecule has 3 nitrogen and oxygen atoms in total. The van der Waals surface area contributed by atoms with Gasteiger partial charge in [0.15, 0.2) is 0 Å². The van der Waals surface area contributed by atoms with Crippen molar-refractivity contribution in [1.29, 1.82) is 0 Å². The van der Waals surface area contributed by atoms with Gasteiger partial charge in [0.2, 0.25) is 5.91 Å². The van der Waals surface area contributed by atoms with E-state index in [0.717, 1.165) is 56.3 Å².